The summed E-state index contributed by atoms with van der Waals surface area (Å²) in [6.07, 6.45) is 7.14. The Hall–Kier alpha value is -2.81. The molecule has 0 bridgehead atoms. The second-order valence-electron chi connectivity index (χ2n) is 9.69. The fraction of sp³-hybridized carbons (Fsp3) is 0.538. The van der Waals surface area contributed by atoms with E-state index >= 15 is 0 Å². The van der Waals surface area contributed by atoms with Crippen LogP contribution >= 0.6 is 11.8 Å². The monoisotopic (exact) mass is 500 g/mol. The molecule has 0 spiro atoms. The average Bonchev–Trinajstić information content (AvgIpc) is 3.23. The van der Waals surface area contributed by atoms with E-state index in [1.807, 2.05) is 62.0 Å². The molecule has 2 amide bonds. The lowest BCUT2D eigenvalue weighted by Crippen LogP contribution is -2.61. The van der Waals surface area contributed by atoms with Crippen LogP contribution in [0.4, 0.5) is 4.79 Å². The van der Waals surface area contributed by atoms with Crippen molar-refractivity contribution in [2.45, 2.75) is 75.5 Å². The highest BCUT2D eigenvalue weighted by Gasteiger charge is 2.51. The summed E-state index contributed by atoms with van der Waals surface area (Å²) in [5, 5.41) is 15.9. The van der Waals surface area contributed by atoms with Crippen molar-refractivity contribution in [1.29, 1.82) is 0 Å². The van der Waals surface area contributed by atoms with Gasteiger partial charge in [0.25, 0.3) is 5.91 Å². The normalized spacial score (nSPS) is 17.0. The van der Waals surface area contributed by atoms with E-state index in [0.717, 1.165) is 36.4 Å². The molecule has 9 heteroatoms. The molecule has 1 aliphatic carbocycles. The molecular weight excluding hydrogens is 464 g/mol. The molecule has 1 unspecified atom stereocenters. The van der Waals surface area contributed by atoms with E-state index in [-0.39, 0.29) is 17.9 Å². The van der Waals surface area contributed by atoms with Crippen molar-refractivity contribution in [3.63, 3.8) is 0 Å². The van der Waals surface area contributed by atoms with Crippen LogP contribution in [-0.4, -0.2) is 43.7 Å². The molecule has 8 nitrogen and oxygen atoms in total. The van der Waals surface area contributed by atoms with Gasteiger partial charge >= 0.3 is 6.09 Å². The molecule has 3 N–H and O–H groups in total. The zero-order valence-electron chi connectivity index (χ0n) is 20.8. The standard InChI is InChI=1S/C26H36N4O4S/c1-4-5-14-26(29-24(33)34,21(31)22(32)28-19(2)20-10-7-6-8-11-20)17-25(12-9-13-25)18-35-23-27-15-16-30(23)3/h6-8,10-11,15-16,19,29H,4-5,9,12-14,17-18H2,1-3H3,(H,28,32)(H,33,34)/t19-,26?/m1/s1. The molecule has 2 atom stereocenters. The van der Waals surface area contributed by atoms with Crippen molar-refractivity contribution in [2.75, 3.05) is 5.75 Å². The van der Waals surface area contributed by atoms with E-state index in [4.69, 9.17) is 0 Å². The van der Waals surface area contributed by atoms with Crippen LogP contribution in [0, 0.1) is 5.41 Å². The molecule has 1 aromatic carbocycles. The molecule has 0 aliphatic heterocycles. The molecule has 1 heterocycles. The Labute approximate surface area is 211 Å². The van der Waals surface area contributed by atoms with Crippen molar-refractivity contribution in [1.82, 2.24) is 20.2 Å². The third-order valence-corrected chi connectivity index (χ3v) is 8.38. The van der Waals surface area contributed by atoms with Gasteiger partial charge in [-0.25, -0.2) is 9.78 Å². The van der Waals surface area contributed by atoms with E-state index in [1.165, 1.54) is 0 Å². The van der Waals surface area contributed by atoms with Gasteiger partial charge in [-0.1, -0.05) is 68.3 Å². The topological polar surface area (TPSA) is 113 Å². The molecule has 2 aromatic rings. The van der Waals surface area contributed by atoms with Gasteiger partial charge in [-0.15, -0.1) is 0 Å². The summed E-state index contributed by atoms with van der Waals surface area (Å²) >= 11 is 1.61. The average molecular weight is 501 g/mol. The molecule has 3 rings (SSSR count). The number of hydrogen-bond acceptors (Lipinski definition) is 5. The number of unbranched alkanes of at least 4 members (excludes halogenated alkanes) is 1. The number of carbonyl (C=O) groups is 3. The first-order valence-corrected chi connectivity index (χ1v) is 13.2. The Kier molecular flexibility index (Phi) is 8.99. The van der Waals surface area contributed by atoms with Crippen LogP contribution < -0.4 is 10.6 Å². The zero-order chi connectivity index (χ0) is 25.5. The Morgan fingerprint density at radius 2 is 1.97 bits per heavy atom. The number of aromatic nitrogens is 2. The number of thioether (sulfide) groups is 1. The number of aryl methyl sites for hydroxylation is 1. The smallest absolute Gasteiger partial charge is 0.405 e. The number of nitrogens with zero attached hydrogens (tertiary/aromatic N) is 2. The van der Waals surface area contributed by atoms with Gasteiger partial charge in [0.2, 0.25) is 5.78 Å². The lowest BCUT2D eigenvalue weighted by Gasteiger charge is -2.47. The molecule has 1 fully saturated rings. The van der Waals surface area contributed by atoms with Crippen LogP contribution in [0.15, 0.2) is 47.9 Å². The zero-order valence-corrected chi connectivity index (χ0v) is 21.6. The van der Waals surface area contributed by atoms with Crippen molar-refractivity contribution in [3.05, 3.63) is 48.3 Å². The molecule has 190 valence electrons. The molecule has 1 aliphatic rings. The van der Waals surface area contributed by atoms with Gasteiger partial charge in [-0.05, 0) is 43.6 Å². The minimum atomic E-state index is -1.47. The van der Waals surface area contributed by atoms with Gasteiger partial charge in [0, 0.05) is 25.2 Å². The fourth-order valence-electron chi connectivity index (χ4n) is 4.83. The van der Waals surface area contributed by atoms with Crippen molar-refractivity contribution >= 4 is 29.5 Å². The maximum atomic E-state index is 13.7. The minimum Gasteiger partial charge on any atom is -0.465 e. The summed E-state index contributed by atoms with van der Waals surface area (Å²) in [5.41, 5.74) is -0.834. The van der Waals surface area contributed by atoms with Crippen LogP contribution in [0.1, 0.15) is 70.4 Å². The number of rotatable bonds is 13. The second-order valence-corrected chi connectivity index (χ2v) is 10.6. The van der Waals surface area contributed by atoms with Crippen molar-refractivity contribution in [2.24, 2.45) is 12.5 Å². The maximum Gasteiger partial charge on any atom is 0.405 e. The number of hydrogen-bond donors (Lipinski definition) is 3. The lowest BCUT2D eigenvalue weighted by molar-refractivity contribution is -0.143. The highest BCUT2D eigenvalue weighted by Crippen LogP contribution is 2.50. The van der Waals surface area contributed by atoms with Crippen molar-refractivity contribution < 1.29 is 19.5 Å². The molecule has 1 aromatic heterocycles. The number of carbonyl (C=O) groups excluding carboxylic acids is 2. The van der Waals surface area contributed by atoms with Gasteiger partial charge in [-0.3, -0.25) is 9.59 Å². The van der Waals surface area contributed by atoms with E-state index in [1.54, 1.807) is 18.0 Å². The molecular formula is C26H36N4O4S. The quantitative estimate of drug-likeness (QED) is 0.271. The van der Waals surface area contributed by atoms with Gasteiger partial charge < -0.3 is 20.3 Å². The highest BCUT2D eigenvalue weighted by molar-refractivity contribution is 7.99. The van der Waals surface area contributed by atoms with Gasteiger partial charge in [0.15, 0.2) is 5.16 Å². The second kappa shape index (κ2) is 11.7. The van der Waals surface area contributed by atoms with E-state index in [9.17, 15) is 19.5 Å². The van der Waals surface area contributed by atoms with Crippen LogP contribution in [0.2, 0.25) is 0 Å². The van der Waals surface area contributed by atoms with Gasteiger partial charge in [0.05, 0.1) is 6.04 Å². The first kappa shape index (κ1) is 26.8. The first-order chi connectivity index (χ1) is 16.7. The Morgan fingerprint density at radius 1 is 1.26 bits per heavy atom. The minimum absolute atomic E-state index is 0.242. The van der Waals surface area contributed by atoms with Crippen LogP contribution in [0.25, 0.3) is 0 Å². The molecule has 0 radical (unpaired) electrons. The Bertz CT molecular complexity index is 1020. The summed E-state index contributed by atoms with van der Waals surface area (Å²) in [5.74, 6) is -0.746. The predicted molar refractivity (Wildman–Crippen MR) is 136 cm³/mol. The highest BCUT2D eigenvalue weighted by atomic mass is 32.2. The number of nitrogens with one attached hydrogen (secondary N) is 2. The van der Waals surface area contributed by atoms with E-state index < -0.39 is 23.3 Å². The Morgan fingerprint density at radius 3 is 2.51 bits per heavy atom. The molecule has 1 saturated carbocycles. The predicted octanol–water partition coefficient (Wildman–Crippen LogP) is 4.72. The van der Waals surface area contributed by atoms with E-state index in [2.05, 4.69) is 15.6 Å². The van der Waals surface area contributed by atoms with Crippen LogP contribution in [0.5, 0.6) is 0 Å². The number of Topliss-reactive ketones (excluding diaryl/α,β-unsaturated/α-hetero) is 1. The molecule has 35 heavy (non-hydrogen) atoms. The maximum absolute atomic E-state index is 13.7. The van der Waals surface area contributed by atoms with Gasteiger partial charge in [-0.2, -0.15) is 0 Å². The third kappa shape index (κ3) is 6.66. The number of imidazole rings is 1. The summed E-state index contributed by atoms with van der Waals surface area (Å²) in [4.78, 5) is 43.2. The number of amides is 2. The Balaban J connectivity index is 1.84. The fourth-order valence-corrected chi connectivity index (χ4v) is 6.06. The number of ketones is 1. The van der Waals surface area contributed by atoms with Crippen LogP contribution in [0.3, 0.4) is 0 Å². The summed E-state index contributed by atoms with van der Waals surface area (Å²) in [6.45, 7) is 3.80. The summed E-state index contributed by atoms with van der Waals surface area (Å²) in [6, 6.07) is 9.02. The first-order valence-electron chi connectivity index (χ1n) is 12.2. The summed E-state index contributed by atoms with van der Waals surface area (Å²) < 4.78 is 1.94. The largest absolute Gasteiger partial charge is 0.465 e. The lowest BCUT2D eigenvalue weighted by atomic mass is 9.62. The van der Waals surface area contributed by atoms with Gasteiger partial charge in [0.1, 0.15) is 5.54 Å². The van der Waals surface area contributed by atoms with Crippen LogP contribution in [-0.2, 0) is 16.6 Å². The summed E-state index contributed by atoms with van der Waals surface area (Å²) in [7, 11) is 1.93. The third-order valence-electron chi connectivity index (χ3n) is 6.97. The molecule has 0 saturated heterocycles. The SMILES string of the molecule is CCCCC(CC1(CSc2nccn2C)CCC1)(NC(=O)O)C(=O)C(=O)N[C@H](C)c1ccccc1. The van der Waals surface area contributed by atoms with Crippen molar-refractivity contribution in [3.8, 4) is 0 Å². The number of benzene rings is 1. The number of carboxylic acid groups (broad SMARTS) is 1. The van der Waals surface area contributed by atoms with E-state index in [0.29, 0.717) is 18.6 Å².